The largest absolute Gasteiger partial charge is 0.354 e. The Morgan fingerprint density at radius 2 is 1.86 bits per heavy atom. The van der Waals surface area contributed by atoms with Gasteiger partial charge in [0.25, 0.3) is 5.91 Å². The third kappa shape index (κ3) is 4.32. The fourth-order valence-corrected chi connectivity index (χ4v) is 2.06. The molecule has 0 saturated heterocycles. The summed E-state index contributed by atoms with van der Waals surface area (Å²) < 4.78 is 0. The number of rotatable bonds is 6. The van der Waals surface area contributed by atoms with Gasteiger partial charge in [-0.15, -0.1) is 0 Å². The minimum absolute atomic E-state index is 0.119. The van der Waals surface area contributed by atoms with Gasteiger partial charge in [0.1, 0.15) is 5.69 Å². The Balaban J connectivity index is 1.99. The molecule has 4 heteroatoms. The monoisotopic (exact) mass is 297 g/mol. The molecule has 4 nitrogen and oxygen atoms in total. The maximum Gasteiger partial charge on any atom is 0.269 e. The van der Waals surface area contributed by atoms with Gasteiger partial charge in [-0.1, -0.05) is 19.4 Å². The first kappa shape index (κ1) is 16.0. The molecule has 1 amide bonds. The van der Waals surface area contributed by atoms with E-state index in [0.717, 1.165) is 24.2 Å². The molecule has 0 saturated carbocycles. The number of unbranched alkanes of at least 4 members (excludes halogenated alkanes) is 1. The number of hydrogen-bond donors (Lipinski definition) is 2. The number of benzene rings is 1. The third-order valence-electron chi connectivity index (χ3n) is 3.61. The molecule has 22 heavy (non-hydrogen) atoms. The van der Waals surface area contributed by atoms with Crippen LogP contribution in [0, 0.1) is 13.8 Å². The van der Waals surface area contributed by atoms with Crippen molar-refractivity contribution in [3.8, 4) is 0 Å². The van der Waals surface area contributed by atoms with Crippen LogP contribution in [-0.4, -0.2) is 17.4 Å². The molecule has 0 aliphatic rings. The average Bonchev–Trinajstić information content (AvgIpc) is 2.52. The molecule has 1 heterocycles. The van der Waals surface area contributed by atoms with E-state index in [0.29, 0.717) is 12.2 Å². The van der Waals surface area contributed by atoms with Crippen molar-refractivity contribution >= 4 is 17.3 Å². The van der Waals surface area contributed by atoms with Gasteiger partial charge in [-0.2, -0.15) is 0 Å². The van der Waals surface area contributed by atoms with E-state index in [9.17, 15) is 4.79 Å². The first-order chi connectivity index (χ1) is 10.6. The second kappa shape index (κ2) is 7.59. The number of nitrogens with zero attached hydrogens (tertiary/aromatic N) is 1. The number of carbonyl (C=O) groups is 1. The van der Waals surface area contributed by atoms with Crippen molar-refractivity contribution in [1.82, 2.24) is 10.3 Å². The van der Waals surface area contributed by atoms with Crippen LogP contribution in [0.25, 0.3) is 0 Å². The predicted molar refractivity (Wildman–Crippen MR) is 90.7 cm³/mol. The summed E-state index contributed by atoms with van der Waals surface area (Å²) in [5.41, 5.74) is 4.84. The van der Waals surface area contributed by atoms with Crippen LogP contribution in [0.4, 0.5) is 11.4 Å². The van der Waals surface area contributed by atoms with E-state index in [2.05, 4.69) is 48.5 Å². The molecule has 2 N–H and O–H groups in total. The molecule has 0 bridgehead atoms. The molecule has 116 valence electrons. The quantitative estimate of drug-likeness (QED) is 0.793. The Labute approximate surface area is 132 Å². The minimum Gasteiger partial charge on any atom is -0.354 e. The van der Waals surface area contributed by atoms with Crippen molar-refractivity contribution in [1.29, 1.82) is 0 Å². The number of pyridine rings is 1. The lowest BCUT2D eigenvalue weighted by molar-refractivity contribution is 0.0948. The number of anilines is 2. The fourth-order valence-electron chi connectivity index (χ4n) is 2.06. The highest BCUT2D eigenvalue weighted by molar-refractivity contribution is 5.92. The highest BCUT2D eigenvalue weighted by Crippen LogP contribution is 2.19. The topological polar surface area (TPSA) is 54.0 Å². The molecule has 0 aliphatic carbocycles. The second-order valence-corrected chi connectivity index (χ2v) is 5.47. The van der Waals surface area contributed by atoms with Crippen molar-refractivity contribution < 1.29 is 4.79 Å². The van der Waals surface area contributed by atoms with Gasteiger partial charge in [-0.25, -0.2) is 4.98 Å². The Hall–Kier alpha value is -2.36. The van der Waals surface area contributed by atoms with E-state index in [1.807, 2.05) is 12.1 Å². The van der Waals surface area contributed by atoms with Crippen LogP contribution in [0.15, 0.2) is 36.5 Å². The molecule has 0 fully saturated rings. The lowest BCUT2D eigenvalue weighted by Crippen LogP contribution is -2.25. The number of nitrogens with one attached hydrogen (secondary N) is 2. The van der Waals surface area contributed by atoms with E-state index in [1.165, 1.54) is 11.1 Å². The van der Waals surface area contributed by atoms with Gasteiger partial charge in [0.15, 0.2) is 0 Å². The maximum atomic E-state index is 11.9. The smallest absolute Gasteiger partial charge is 0.269 e. The number of amides is 1. The van der Waals surface area contributed by atoms with Crippen molar-refractivity contribution in [2.24, 2.45) is 0 Å². The number of carbonyl (C=O) groups excluding carboxylic acids is 1. The summed E-state index contributed by atoms with van der Waals surface area (Å²) in [5, 5.41) is 6.16. The van der Waals surface area contributed by atoms with Crippen LogP contribution in [0.3, 0.4) is 0 Å². The standard InChI is InChI=1S/C18H23N3O/c1-4-5-10-19-18(22)17-9-8-16(12-20-17)21-15-7-6-13(2)14(3)11-15/h6-9,11-12,21H,4-5,10H2,1-3H3,(H,19,22). The average molecular weight is 297 g/mol. The zero-order chi connectivity index (χ0) is 15.9. The molecule has 0 spiro atoms. The Morgan fingerprint density at radius 1 is 1.09 bits per heavy atom. The second-order valence-electron chi connectivity index (χ2n) is 5.47. The van der Waals surface area contributed by atoms with Crippen molar-refractivity contribution in [2.75, 3.05) is 11.9 Å². The molecule has 0 aliphatic heterocycles. The molecule has 1 aromatic carbocycles. The summed E-state index contributed by atoms with van der Waals surface area (Å²) in [4.78, 5) is 16.1. The zero-order valence-electron chi connectivity index (χ0n) is 13.4. The summed E-state index contributed by atoms with van der Waals surface area (Å²) in [7, 11) is 0. The van der Waals surface area contributed by atoms with E-state index in [4.69, 9.17) is 0 Å². The highest BCUT2D eigenvalue weighted by atomic mass is 16.1. The van der Waals surface area contributed by atoms with E-state index < -0.39 is 0 Å². The van der Waals surface area contributed by atoms with E-state index >= 15 is 0 Å². The summed E-state index contributed by atoms with van der Waals surface area (Å²) in [6, 6.07) is 9.83. The Morgan fingerprint density at radius 3 is 2.50 bits per heavy atom. The molecule has 0 unspecified atom stereocenters. The molecule has 0 atom stereocenters. The predicted octanol–water partition coefficient (Wildman–Crippen LogP) is 3.97. The Kier molecular flexibility index (Phi) is 5.53. The van der Waals surface area contributed by atoms with Gasteiger partial charge < -0.3 is 10.6 Å². The lowest BCUT2D eigenvalue weighted by atomic mass is 10.1. The van der Waals surface area contributed by atoms with Crippen LogP contribution in [0.1, 0.15) is 41.4 Å². The lowest BCUT2D eigenvalue weighted by Gasteiger charge is -2.09. The number of aromatic nitrogens is 1. The molecular formula is C18H23N3O. The first-order valence-corrected chi connectivity index (χ1v) is 7.68. The van der Waals surface area contributed by atoms with E-state index in [-0.39, 0.29) is 5.91 Å². The SMILES string of the molecule is CCCCNC(=O)c1ccc(Nc2ccc(C)c(C)c2)cn1. The Bertz CT molecular complexity index is 635. The van der Waals surface area contributed by atoms with Crippen LogP contribution >= 0.6 is 0 Å². The van der Waals surface area contributed by atoms with Crippen molar-refractivity contribution in [3.63, 3.8) is 0 Å². The number of aryl methyl sites for hydroxylation is 2. The normalized spacial score (nSPS) is 10.3. The van der Waals surface area contributed by atoms with Crippen LogP contribution in [0.2, 0.25) is 0 Å². The van der Waals surface area contributed by atoms with E-state index in [1.54, 1.807) is 12.3 Å². The summed E-state index contributed by atoms with van der Waals surface area (Å²) in [6.07, 6.45) is 3.73. The molecule has 2 rings (SSSR count). The first-order valence-electron chi connectivity index (χ1n) is 7.68. The molecule has 1 aromatic heterocycles. The van der Waals surface area contributed by atoms with Crippen LogP contribution < -0.4 is 10.6 Å². The van der Waals surface area contributed by atoms with Gasteiger partial charge in [-0.05, 0) is 55.7 Å². The highest BCUT2D eigenvalue weighted by Gasteiger charge is 2.06. The van der Waals surface area contributed by atoms with Crippen molar-refractivity contribution in [2.45, 2.75) is 33.6 Å². The fraction of sp³-hybridized carbons (Fsp3) is 0.333. The zero-order valence-corrected chi connectivity index (χ0v) is 13.4. The molecule has 0 radical (unpaired) electrons. The van der Waals surface area contributed by atoms with Gasteiger partial charge in [0.05, 0.1) is 11.9 Å². The maximum absolute atomic E-state index is 11.9. The molecule has 2 aromatic rings. The van der Waals surface area contributed by atoms with Gasteiger partial charge in [-0.3, -0.25) is 4.79 Å². The summed E-state index contributed by atoms with van der Waals surface area (Å²) in [5.74, 6) is -0.119. The molecular weight excluding hydrogens is 274 g/mol. The van der Waals surface area contributed by atoms with Crippen LogP contribution in [0.5, 0.6) is 0 Å². The van der Waals surface area contributed by atoms with Crippen LogP contribution in [-0.2, 0) is 0 Å². The van der Waals surface area contributed by atoms with Crippen molar-refractivity contribution in [3.05, 3.63) is 53.3 Å². The summed E-state index contributed by atoms with van der Waals surface area (Å²) >= 11 is 0. The third-order valence-corrected chi connectivity index (χ3v) is 3.61. The number of hydrogen-bond acceptors (Lipinski definition) is 3. The van der Waals surface area contributed by atoms with Gasteiger partial charge >= 0.3 is 0 Å². The van der Waals surface area contributed by atoms with Gasteiger partial charge in [0.2, 0.25) is 0 Å². The summed E-state index contributed by atoms with van der Waals surface area (Å²) in [6.45, 7) is 6.96. The van der Waals surface area contributed by atoms with Gasteiger partial charge in [0, 0.05) is 12.2 Å². The minimum atomic E-state index is -0.119.